The highest BCUT2D eigenvalue weighted by Gasteiger charge is 2.13. The van der Waals surface area contributed by atoms with E-state index in [2.05, 4.69) is 38.1 Å². The standard InChI is InChI=1S/C14H18N6/c1-10(14-18-16-9-19(14)2)15-8-13-17-11-6-4-5-7-12(11)20(13)3/h4-7,9-10,15H,8H2,1-3H3. The van der Waals surface area contributed by atoms with E-state index in [1.54, 1.807) is 6.33 Å². The smallest absolute Gasteiger partial charge is 0.149 e. The number of nitrogens with zero attached hydrogens (tertiary/aromatic N) is 5. The van der Waals surface area contributed by atoms with Gasteiger partial charge < -0.3 is 14.5 Å². The Balaban J connectivity index is 1.77. The third-order valence-corrected chi connectivity index (χ3v) is 3.58. The highest BCUT2D eigenvalue weighted by atomic mass is 15.3. The van der Waals surface area contributed by atoms with Gasteiger partial charge in [0, 0.05) is 14.1 Å². The Bertz CT molecular complexity index is 726. The Morgan fingerprint density at radius 1 is 1.25 bits per heavy atom. The predicted octanol–water partition coefficient (Wildman–Crippen LogP) is 1.55. The zero-order valence-electron chi connectivity index (χ0n) is 11.9. The highest BCUT2D eigenvalue weighted by molar-refractivity contribution is 5.75. The van der Waals surface area contributed by atoms with Gasteiger partial charge >= 0.3 is 0 Å². The average Bonchev–Trinajstić information content (AvgIpc) is 3.01. The van der Waals surface area contributed by atoms with E-state index in [1.165, 1.54) is 0 Å². The molecular weight excluding hydrogens is 252 g/mol. The van der Waals surface area contributed by atoms with Gasteiger partial charge in [0.25, 0.3) is 0 Å². The molecule has 0 aliphatic heterocycles. The van der Waals surface area contributed by atoms with E-state index in [4.69, 9.17) is 0 Å². The van der Waals surface area contributed by atoms with Crippen LogP contribution in [0.15, 0.2) is 30.6 Å². The first-order valence-corrected chi connectivity index (χ1v) is 6.64. The summed E-state index contributed by atoms with van der Waals surface area (Å²) in [5, 5.41) is 11.5. The van der Waals surface area contributed by atoms with Crippen molar-refractivity contribution in [1.82, 2.24) is 29.6 Å². The molecule has 104 valence electrons. The SMILES string of the molecule is CC(NCc1nc2ccccc2n1C)c1nncn1C. The Morgan fingerprint density at radius 3 is 2.75 bits per heavy atom. The first-order chi connectivity index (χ1) is 9.66. The van der Waals surface area contributed by atoms with Gasteiger partial charge in [-0.3, -0.25) is 0 Å². The summed E-state index contributed by atoms with van der Waals surface area (Å²) in [7, 11) is 3.99. The lowest BCUT2D eigenvalue weighted by atomic mass is 10.3. The Hall–Kier alpha value is -2.21. The number of para-hydroxylation sites is 2. The second-order valence-electron chi connectivity index (χ2n) is 4.98. The fraction of sp³-hybridized carbons (Fsp3) is 0.357. The number of hydrogen-bond donors (Lipinski definition) is 1. The van der Waals surface area contributed by atoms with Crippen LogP contribution in [0, 0.1) is 0 Å². The molecule has 0 aliphatic carbocycles. The molecule has 2 aromatic heterocycles. The molecule has 0 saturated heterocycles. The van der Waals surface area contributed by atoms with Crippen LogP contribution in [0.1, 0.15) is 24.6 Å². The number of nitrogens with one attached hydrogen (secondary N) is 1. The molecule has 3 rings (SSSR count). The molecule has 0 bridgehead atoms. The summed E-state index contributed by atoms with van der Waals surface area (Å²) in [5.41, 5.74) is 2.17. The van der Waals surface area contributed by atoms with Crippen molar-refractivity contribution in [2.45, 2.75) is 19.5 Å². The summed E-state index contributed by atoms with van der Waals surface area (Å²) in [6.45, 7) is 2.77. The van der Waals surface area contributed by atoms with Crippen LogP contribution >= 0.6 is 0 Å². The summed E-state index contributed by atoms with van der Waals surface area (Å²) in [5.74, 6) is 1.93. The van der Waals surface area contributed by atoms with Crippen LogP contribution in [-0.2, 0) is 20.6 Å². The molecule has 3 aromatic rings. The third-order valence-electron chi connectivity index (χ3n) is 3.58. The van der Waals surface area contributed by atoms with Gasteiger partial charge in [-0.1, -0.05) is 12.1 Å². The van der Waals surface area contributed by atoms with E-state index < -0.39 is 0 Å². The summed E-state index contributed by atoms with van der Waals surface area (Å²) in [6, 6.07) is 8.28. The molecule has 0 spiro atoms. The van der Waals surface area contributed by atoms with E-state index >= 15 is 0 Å². The van der Waals surface area contributed by atoms with Gasteiger partial charge in [-0.05, 0) is 19.1 Å². The molecule has 2 heterocycles. The third kappa shape index (κ3) is 2.18. The van der Waals surface area contributed by atoms with Crippen molar-refractivity contribution in [3.8, 4) is 0 Å². The van der Waals surface area contributed by atoms with Crippen molar-refractivity contribution in [2.24, 2.45) is 14.1 Å². The normalized spacial score (nSPS) is 12.9. The van der Waals surface area contributed by atoms with Crippen molar-refractivity contribution >= 4 is 11.0 Å². The molecule has 0 radical (unpaired) electrons. The van der Waals surface area contributed by atoms with Crippen LogP contribution in [-0.4, -0.2) is 24.3 Å². The minimum absolute atomic E-state index is 0.127. The van der Waals surface area contributed by atoms with Crippen LogP contribution < -0.4 is 5.32 Å². The first-order valence-electron chi connectivity index (χ1n) is 6.64. The van der Waals surface area contributed by atoms with Crippen molar-refractivity contribution in [1.29, 1.82) is 0 Å². The van der Waals surface area contributed by atoms with E-state index in [-0.39, 0.29) is 6.04 Å². The quantitative estimate of drug-likeness (QED) is 0.781. The second kappa shape index (κ2) is 5.05. The molecule has 1 aromatic carbocycles. The number of aryl methyl sites for hydroxylation is 2. The molecular formula is C14H18N6. The number of hydrogen-bond acceptors (Lipinski definition) is 4. The minimum Gasteiger partial charge on any atom is -0.330 e. The lowest BCUT2D eigenvalue weighted by Crippen LogP contribution is -2.22. The molecule has 1 N–H and O–H groups in total. The summed E-state index contributed by atoms with van der Waals surface area (Å²) < 4.78 is 4.04. The van der Waals surface area contributed by atoms with E-state index in [0.29, 0.717) is 6.54 Å². The van der Waals surface area contributed by atoms with E-state index in [9.17, 15) is 0 Å². The van der Waals surface area contributed by atoms with Gasteiger partial charge in [0.05, 0.1) is 23.6 Å². The largest absolute Gasteiger partial charge is 0.330 e. The van der Waals surface area contributed by atoms with Gasteiger partial charge in [-0.25, -0.2) is 4.98 Å². The zero-order valence-corrected chi connectivity index (χ0v) is 11.9. The van der Waals surface area contributed by atoms with E-state index in [1.807, 2.05) is 36.9 Å². The van der Waals surface area contributed by atoms with Crippen LogP contribution in [0.3, 0.4) is 0 Å². The Morgan fingerprint density at radius 2 is 2.05 bits per heavy atom. The molecule has 0 aliphatic rings. The fourth-order valence-corrected chi connectivity index (χ4v) is 2.37. The van der Waals surface area contributed by atoms with E-state index in [0.717, 1.165) is 22.7 Å². The topological polar surface area (TPSA) is 60.6 Å². The van der Waals surface area contributed by atoms with Crippen molar-refractivity contribution in [3.05, 3.63) is 42.2 Å². The molecule has 0 saturated carbocycles. The first kappa shape index (κ1) is 12.8. The predicted molar refractivity (Wildman–Crippen MR) is 77.0 cm³/mol. The number of rotatable bonds is 4. The number of imidazole rings is 1. The maximum absolute atomic E-state index is 4.65. The van der Waals surface area contributed by atoms with Crippen molar-refractivity contribution in [2.75, 3.05) is 0 Å². The summed E-state index contributed by atoms with van der Waals surface area (Å²) in [4.78, 5) is 4.65. The second-order valence-corrected chi connectivity index (χ2v) is 4.98. The lowest BCUT2D eigenvalue weighted by molar-refractivity contribution is 0.512. The maximum Gasteiger partial charge on any atom is 0.149 e. The van der Waals surface area contributed by atoms with Crippen LogP contribution in [0.4, 0.5) is 0 Å². The van der Waals surface area contributed by atoms with Crippen LogP contribution in [0.2, 0.25) is 0 Å². The monoisotopic (exact) mass is 270 g/mol. The van der Waals surface area contributed by atoms with Crippen LogP contribution in [0.5, 0.6) is 0 Å². The molecule has 0 amide bonds. The molecule has 6 nitrogen and oxygen atoms in total. The highest BCUT2D eigenvalue weighted by Crippen LogP contribution is 2.15. The summed E-state index contributed by atoms with van der Waals surface area (Å²) in [6.07, 6.45) is 1.71. The van der Waals surface area contributed by atoms with Gasteiger partial charge in [-0.2, -0.15) is 0 Å². The van der Waals surface area contributed by atoms with Gasteiger partial charge in [0.2, 0.25) is 0 Å². The maximum atomic E-state index is 4.65. The molecule has 0 fully saturated rings. The molecule has 1 unspecified atom stereocenters. The molecule has 1 atom stereocenters. The molecule has 6 heteroatoms. The molecule has 20 heavy (non-hydrogen) atoms. The van der Waals surface area contributed by atoms with Gasteiger partial charge in [0.15, 0.2) is 0 Å². The zero-order chi connectivity index (χ0) is 14.1. The Kier molecular flexibility index (Phi) is 3.23. The summed E-state index contributed by atoms with van der Waals surface area (Å²) >= 11 is 0. The van der Waals surface area contributed by atoms with Gasteiger partial charge in [-0.15, -0.1) is 10.2 Å². The van der Waals surface area contributed by atoms with Gasteiger partial charge in [0.1, 0.15) is 18.0 Å². The number of aromatic nitrogens is 5. The number of benzene rings is 1. The van der Waals surface area contributed by atoms with Crippen LogP contribution in [0.25, 0.3) is 11.0 Å². The number of fused-ring (bicyclic) bond motifs is 1. The Labute approximate surface area is 117 Å². The van der Waals surface area contributed by atoms with Crippen molar-refractivity contribution < 1.29 is 0 Å². The minimum atomic E-state index is 0.127. The fourth-order valence-electron chi connectivity index (χ4n) is 2.37. The van der Waals surface area contributed by atoms with Crippen molar-refractivity contribution in [3.63, 3.8) is 0 Å². The lowest BCUT2D eigenvalue weighted by Gasteiger charge is -2.12. The average molecular weight is 270 g/mol.